The molecule has 0 N–H and O–H groups in total. The molecule has 4 heteroatoms. The van der Waals surface area contributed by atoms with Gasteiger partial charge in [0, 0.05) is 17.8 Å². The van der Waals surface area contributed by atoms with Gasteiger partial charge in [-0.15, -0.1) is 0 Å². The van der Waals surface area contributed by atoms with Gasteiger partial charge < -0.3 is 0 Å². The van der Waals surface area contributed by atoms with Crippen LogP contribution in [0.4, 0.5) is 0 Å². The third kappa shape index (κ3) is 2.34. The molecule has 96 valence electrons. The smallest absolute Gasteiger partial charge is 0.253 e. The van der Waals surface area contributed by atoms with E-state index in [1.54, 1.807) is 0 Å². The van der Waals surface area contributed by atoms with Crippen LogP contribution in [0.1, 0.15) is 27.9 Å². The highest BCUT2D eigenvalue weighted by Crippen LogP contribution is 2.23. The van der Waals surface area contributed by atoms with Crippen molar-refractivity contribution in [2.24, 2.45) is 0 Å². The summed E-state index contributed by atoms with van der Waals surface area (Å²) in [6, 6.07) is 7.21. The summed E-state index contributed by atoms with van der Waals surface area (Å²) in [7, 11) is 0. The van der Waals surface area contributed by atoms with Gasteiger partial charge in [0.1, 0.15) is 0 Å². The molecular weight excluding hydrogens is 240 g/mol. The Morgan fingerprint density at radius 1 is 1.21 bits per heavy atom. The van der Waals surface area contributed by atoms with Crippen molar-refractivity contribution in [1.82, 2.24) is 9.55 Å². The third-order valence-electron chi connectivity index (χ3n) is 3.53. The van der Waals surface area contributed by atoms with E-state index in [-0.39, 0.29) is 17.9 Å². The molecule has 1 aromatic heterocycles. The van der Waals surface area contributed by atoms with E-state index in [2.05, 4.69) is 4.98 Å². The number of Topliss-reactive ketones (excluding diaryl/α,β-unsaturated/α-hetero) is 1. The fourth-order valence-corrected chi connectivity index (χ4v) is 2.49. The summed E-state index contributed by atoms with van der Waals surface area (Å²) in [5.74, 6) is -0.0511. The molecule has 1 aliphatic rings. The number of aryl methyl sites for hydroxylation is 2. The molecular formula is C15H14N2O2. The monoisotopic (exact) mass is 254 g/mol. The van der Waals surface area contributed by atoms with Crippen molar-refractivity contribution in [3.8, 4) is 0 Å². The predicted octanol–water partition coefficient (Wildman–Crippen LogP) is 1.61. The second-order valence-corrected chi connectivity index (χ2v) is 4.81. The quantitative estimate of drug-likeness (QED) is 0.782. The van der Waals surface area contributed by atoms with Crippen LogP contribution in [0.5, 0.6) is 0 Å². The van der Waals surface area contributed by atoms with Gasteiger partial charge in [-0.05, 0) is 36.5 Å². The van der Waals surface area contributed by atoms with E-state index in [1.165, 1.54) is 34.3 Å². The van der Waals surface area contributed by atoms with Gasteiger partial charge in [0.05, 0.1) is 12.9 Å². The lowest BCUT2D eigenvalue weighted by molar-refractivity contribution is 0.0970. The van der Waals surface area contributed by atoms with Gasteiger partial charge in [0.2, 0.25) is 0 Å². The Morgan fingerprint density at radius 3 is 2.89 bits per heavy atom. The molecule has 0 spiro atoms. The average Bonchev–Trinajstić information content (AvgIpc) is 2.88. The summed E-state index contributed by atoms with van der Waals surface area (Å²) in [4.78, 5) is 27.6. The Kier molecular flexibility index (Phi) is 2.99. The lowest BCUT2D eigenvalue weighted by Gasteiger charge is -2.06. The van der Waals surface area contributed by atoms with E-state index in [0.29, 0.717) is 5.56 Å². The minimum absolute atomic E-state index is 0.0471. The van der Waals surface area contributed by atoms with E-state index in [9.17, 15) is 9.59 Å². The molecule has 1 aromatic carbocycles. The van der Waals surface area contributed by atoms with Crippen LogP contribution >= 0.6 is 0 Å². The summed E-state index contributed by atoms with van der Waals surface area (Å²) < 4.78 is 1.33. The topological polar surface area (TPSA) is 52.0 Å². The minimum Gasteiger partial charge on any atom is -0.292 e. The largest absolute Gasteiger partial charge is 0.292 e. The van der Waals surface area contributed by atoms with Crippen LogP contribution in [0.15, 0.2) is 41.6 Å². The first kappa shape index (κ1) is 11.8. The Morgan fingerprint density at radius 2 is 2.05 bits per heavy atom. The number of aromatic nitrogens is 2. The SMILES string of the molecule is O=C(Cn1cnccc1=O)c1ccc2c(c1)CCC2. The van der Waals surface area contributed by atoms with Crippen molar-refractivity contribution >= 4 is 5.78 Å². The molecule has 0 bridgehead atoms. The Labute approximate surface area is 110 Å². The van der Waals surface area contributed by atoms with Gasteiger partial charge in [0.25, 0.3) is 5.56 Å². The molecule has 0 amide bonds. The van der Waals surface area contributed by atoms with Gasteiger partial charge in [0.15, 0.2) is 5.78 Å². The minimum atomic E-state index is -0.204. The van der Waals surface area contributed by atoms with Gasteiger partial charge >= 0.3 is 0 Å². The number of carbonyl (C=O) groups is 1. The zero-order chi connectivity index (χ0) is 13.2. The van der Waals surface area contributed by atoms with Gasteiger partial charge in [-0.3, -0.25) is 14.2 Å². The maximum absolute atomic E-state index is 12.2. The lowest BCUT2D eigenvalue weighted by Crippen LogP contribution is -2.23. The molecule has 0 unspecified atom stereocenters. The van der Waals surface area contributed by atoms with Crippen LogP contribution < -0.4 is 5.56 Å². The summed E-state index contributed by atoms with van der Waals surface area (Å²) in [5, 5.41) is 0. The molecule has 0 fully saturated rings. The third-order valence-corrected chi connectivity index (χ3v) is 3.53. The molecule has 2 aromatic rings. The highest BCUT2D eigenvalue weighted by molar-refractivity contribution is 5.96. The molecule has 3 rings (SSSR count). The Hall–Kier alpha value is -2.23. The Bertz CT molecular complexity index is 689. The number of rotatable bonds is 3. The van der Waals surface area contributed by atoms with Crippen molar-refractivity contribution in [3.05, 3.63) is 63.8 Å². The Balaban J connectivity index is 1.85. The molecule has 1 heterocycles. The standard InChI is InChI=1S/C15H14N2O2/c18-14(9-17-10-16-7-6-15(17)19)13-5-4-11-2-1-3-12(11)8-13/h4-8,10H,1-3,9H2. The number of nitrogens with zero attached hydrogens (tertiary/aromatic N) is 2. The molecule has 0 aliphatic heterocycles. The van der Waals surface area contributed by atoms with E-state index in [0.717, 1.165) is 19.3 Å². The maximum Gasteiger partial charge on any atom is 0.253 e. The average molecular weight is 254 g/mol. The highest BCUT2D eigenvalue weighted by Gasteiger charge is 2.14. The zero-order valence-corrected chi connectivity index (χ0v) is 10.5. The van der Waals surface area contributed by atoms with Crippen LogP contribution in [-0.4, -0.2) is 15.3 Å². The number of hydrogen-bond acceptors (Lipinski definition) is 3. The maximum atomic E-state index is 12.2. The number of fused-ring (bicyclic) bond motifs is 1. The number of carbonyl (C=O) groups excluding carboxylic acids is 1. The van der Waals surface area contributed by atoms with Crippen LogP contribution in [0.25, 0.3) is 0 Å². The normalized spacial score (nSPS) is 13.3. The molecule has 0 saturated heterocycles. The molecule has 4 nitrogen and oxygen atoms in total. The number of benzene rings is 1. The van der Waals surface area contributed by atoms with Gasteiger partial charge in [-0.1, -0.05) is 12.1 Å². The second-order valence-electron chi connectivity index (χ2n) is 4.81. The van der Waals surface area contributed by atoms with Crippen molar-refractivity contribution in [1.29, 1.82) is 0 Å². The van der Waals surface area contributed by atoms with E-state index < -0.39 is 0 Å². The van der Waals surface area contributed by atoms with Gasteiger partial charge in [-0.2, -0.15) is 0 Å². The summed E-state index contributed by atoms with van der Waals surface area (Å²) in [6.45, 7) is 0.0471. The highest BCUT2D eigenvalue weighted by atomic mass is 16.1. The summed E-state index contributed by atoms with van der Waals surface area (Å²) in [6.07, 6.45) is 6.14. The van der Waals surface area contributed by atoms with Gasteiger partial charge in [-0.25, -0.2) is 4.98 Å². The van der Waals surface area contributed by atoms with E-state index in [4.69, 9.17) is 0 Å². The number of hydrogen-bond donors (Lipinski definition) is 0. The van der Waals surface area contributed by atoms with Crippen molar-refractivity contribution in [3.63, 3.8) is 0 Å². The summed E-state index contributed by atoms with van der Waals surface area (Å²) >= 11 is 0. The van der Waals surface area contributed by atoms with Crippen LogP contribution in [0.2, 0.25) is 0 Å². The van der Waals surface area contributed by atoms with E-state index >= 15 is 0 Å². The first-order valence-electron chi connectivity index (χ1n) is 6.39. The zero-order valence-electron chi connectivity index (χ0n) is 10.5. The van der Waals surface area contributed by atoms with Crippen molar-refractivity contribution in [2.75, 3.05) is 0 Å². The van der Waals surface area contributed by atoms with Crippen molar-refractivity contribution in [2.45, 2.75) is 25.8 Å². The number of ketones is 1. The fourth-order valence-electron chi connectivity index (χ4n) is 2.49. The molecule has 0 radical (unpaired) electrons. The van der Waals surface area contributed by atoms with Crippen LogP contribution in [0.3, 0.4) is 0 Å². The molecule has 0 atom stereocenters. The van der Waals surface area contributed by atoms with E-state index in [1.807, 2.05) is 18.2 Å². The fraction of sp³-hybridized carbons (Fsp3) is 0.267. The summed E-state index contributed by atoms with van der Waals surface area (Å²) in [5.41, 5.74) is 3.08. The first-order valence-corrected chi connectivity index (χ1v) is 6.39. The molecule has 0 saturated carbocycles. The van der Waals surface area contributed by atoms with Crippen LogP contribution in [0, 0.1) is 0 Å². The second kappa shape index (κ2) is 4.80. The molecule has 19 heavy (non-hydrogen) atoms. The molecule has 1 aliphatic carbocycles. The van der Waals surface area contributed by atoms with Crippen LogP contribution in [-0.2, 0) is 19.4 Å². The first-order chi connectivity index (χ1) is 9.24. The predicted molar refractivity (Wildman–Crippen MR) is 71.3 cm³/mol. The van der Waals surface area contributed by atoms with Crippen molar-refractivity contribution < 1.29 is 4.79 Å². The lowest BCUT2D eigenvalue weighted by atomic mass is 10.0.